The second-order valence-corrected chi connectivity index (χ2v) is 4.88. The Morgan fingerprint density at radius 1 is 1.47 bits per heavy atom. The van der Waals surface area contributed by atoms with Gasteiger partial charge in [0, 0.05) is 0 Å². The molecule has 0 aliphatic carbocycles. The predicted molar refractivity (Wildman–Crippen MR) is 59.6 cm³/mol. The van der Waals surface area contributed by atoms with Crippen LogP contribution in [0, 0.1) is 5.82 Å². The van der Waals surface area contributed by atoms with E-state index in [1.165, 1.54) is 12.5 Å². The van der Waals surface area contributed by atoms with Gasteiger partial charge in [0.25, 0.3) is 0 Å². The average molecular weight is 222 g/mol. The van der Waals surface area contributed by atoms with Crippen LogP contribution in [0.15, 0.2) is 18.2 Å². The summed E-state index contributed by atoms with van der Waals surface area (Å²) in [6, 6.07) is 5.16. The molecule has 1 atom stereocenters. The number of nitrogens with zero attached hydrogens (tertiary/aromatic N) is 1. The van der Waals surface area contributed by atoms with Crippen LogP contribution in [0.5, 0.6) is 0 Å². The number of hydrogen-bond donors (Lipinski definition) is 1. The predicted octanol–water partition coefficient (Wildman–Crippen LogP) is 2.86. The molecule has 3 rings (SSSR count). The van der Waals surface area contributed by atoms with Gasteiger partial charge in [0.05, 0.1) is 16.3 Å². The van der Waals surface area contributed by atoms with Crippen LogP contribution in [-0.2, 0) is 0 Å². The van der Waals surface area contributed by atoms with Crippen LogP contribution in [0.4, 0.5) is 4.39 Å². The Bertz CT molecular complexity index is 488. The number of halogens is 1. The fourth-order valence-electron chi connectivity index (χ4n) is 1.96. The van der Waals surface area contributed by atoms with Crippen LogP contribution in [0.1, 0.15) is 23.9 Å². The van der Waals surface area contributed by atoms with Crippen molar-refractivity contribution in [1.29, 1.82) is 0 Å². The van der Waals surface area contributed by atoms with Gasteiger partial charge >= 0.3 is 0 Å². The molecule has 1 saturated heterocycles. The van der Waals surface area contributed by atoms with Crippen LogP contribution in [-0.4, -0.2) is 11.5 Å². The molecule has 1 aliphatic rings. The van der Waals surface area contributed by atoms with Gasteiger partial charge < -0.3 is 5.32 Å². The molecule has 0 amide bonds. The molecule has 1 fully saturated rings. The van der Waals surface area contributed by atoms with E-state index in [1.54, 1.807) is 23.5 Å². The van der Waals surface area contributed by atoms with E-state index in [0.29, 0.717) is 6.04 Å². The number of hydrogen-bond acceptors (Lipinski definition) is 3. The van der Waals surface area contributed by atoms with Gasteiger partial charge in [-0.05, 0) is 37.6 Å². The zero-order valence-electron chi connectivity index (χ0n) is 8.16. The smallest absolute Gasteiger partial charge is 0.124 e. The molecular weight excluding hydrogens is 211 g/mol. The summed E-state index contributed by atoms with van der Waals surface area (Å²) in [4.78, 5) is 4.53. The van der Waals surface area contributed by atoms with Gasteiger partial charge in [-0.3, -0.25) is 0 Å². The van der Waals surface area contributed by atoms with Gasteiger partial charge in [0.1, 0.15) is 10.8 Å². The summed E-state index contributed by atoms with van der Waals surface area (Å²) < 4.78 is 13.9. The highest BCUT2D eigenvalue weighted by Gasteiger charge is 2.19. The molecule has 78 valence electrons. The van der Waals surface area contributed by atoms with Crippen molar-refractivity contribution in [2.24, 2.45) is 0 Å². The summed E-state index contributed by atoms with van der Waals surface area (Å²) in [5, 5.41) is 4.49. The molecule has 4 heteroatoms. The van der Waals surface area contributed by atoms with Crippen LogP contribution in [0.2, 0.25) is 0 Å². The van der Waals surface area contributed by atoms with E-state index in [2.05, 4.69) is 10.3 Å². The highest BCUT2D eigenvalue weighted by Crippen LogP contribution is 2.30. The molecule has 1 aliphatic heterocycles. The first kappa shape index (κ1) is 9.24. The Balaban J connectivity index is 2.05. The Morgan fingerprint density at radius 3 is 3.20 bits per heavy atom. The monoisotopic (exact) mass is 222 g/mol. The maximum atomic E-state index is 13.0. The van der Waals surface area contributed by atoms with Crippen molar-refractivity contribution >= 4 is 21.6 Å². The molecule has 0 bridgehead atoms. The molecule has 2 nitrogen and oxygen atoms in total. The molecule has 1 N–H and O–H groups in total. The second-order valence-electron chi connectivity index (χ2n) is 3.81. The normalized spacial score (nSPS) is 21.3. The van der Waals surface area contributed by atoms with E-state index in [1.807, 2.05) is 0 Å². The summed E-state index contributed by atoms with van der Waals surface area (Å²) in [6.45, 7) is 1.06. The average Bonchev–Trinajstić information content (AvgIpc) is 2.84. The third-order valence-electron chi connectivity index (χ3n) is 2.73. The largest absolute Gasteiger partial charge is 0.308 e. The van der Waals surface area contributed by atoms with E-state index >= 15 is 0 Å². The van der Waals surface area contributed by atoms with Gasteiger partial charge in [0.2, 0.25) is 0 Å². The topological polar surface area (TPSA) is 24.9 Å². The van der Waals surface area contributed by atoms with Crippen LogP contribution >= 0.6 is 11.3 Å². The minimum absolute atomic E-state index is 0.183. The zero-order chi connectivity index (χ0) is 10.3. The first-order chi connectivity index (χ1) is 7.33. The Morgan fingerprint density at radius 2 is 2.40 bits per heavy atom. The number of rotatable bonds is 1. The first-order valence-corrected chi connectivity index (χ1v) is 5.94. The van der Waals surface area contributed by atoms with Gasteiger partial charge in [0.15, 0.2) is 0 Å². The maximum absolute atomic E-state index is 13.0. The molecule has 2 aromatic rings. The Hall–Kier alpha value is -1.00. The first-order valence-electron chi connectivity index (χ1n) is 5.12. The lowest BCUT2D eigenvalue weighted by Gasteiger charge is -2.03. The summed E-state index contributed by atoms with van der Waals surface area (Å²) in [6.07, 6.45) is 2.34. The summed E-state index contributed by atoms with van der Waals surface area (Å²) in [7, 11) is 0. The fraction of sp³-hybridized carbons (Fsp3) is 0.364. The van der Waals surface area contributed by atoms with Gasteiger partial charge in [-0.1, -0.05) is 0 Å². The molecule has 0 spiro atoms. The third-order valence-corrected chi connectivity index (χ3v) is 3.86. The molecule has 1 aromatic carbocycles. The number of fused-ring (bicyclic) bond motifs is 1. The number of aromatic nitrogens is 1. The lowest BCUT2D eigenvalue weighted by Crippen LogP contribution is -2.12. The minimum atomic E-state index is -0.183. The highest BCUT2D eigenvalue weighted by atomic mass is 32.1. The number of nitrogens with one attached hydrogen (secondary N) is 1. The van der Waals surface area contributed by atoms with Crippen molar-refractivity contribution in [3.63, 3.8) is 0 Å². The minimum Gasteiger partial charge on any atom is -0.308 e. The number of benzene rings is 1. The van der Waals surface area contributed by atoms with Crippen LogP contribution in [0.25, 0.3) is 10.2 Å². The van der Waals surface area contributed by atoms with E-state index in [0.717, 1.165) is 28.2 Å². The molecule has 1 unspecified atom stereocenters. The quantitative estimate of drug-likeness (QED) is 0.802. The van der Waals surface area contributed by atoms with Gasteiger partial charge in [-0.25, -0.2) is 9.37 Å². The molecule has 1 aromatic heterocycles. The third kappa shape index (κ3) is 1.64. The summed E-state index contributed by atoms with van der Waals surface area (Å²) in [5.74, 6) is -0.183. The van der Waals surface area contributed by atoms with E-state index in [4.69, 9.17) is 0 Å². The van der Waals surface area contributed by atoms with Gasteiger partial charge in [-0.15, -0.1) is 11.3 Å². The SMILES string of the molecule is Fc1ccc2nc(C3CCCN3)sc2c1. The molecule has 2 heterocycles. The summed E-state index contributed by atoms with van der Waals surface area (Å²) in [5.41, 5.74) is 0.908. The second kappa shape index (κ2) is 3.54. The molecular formula is C11H11FN2S. The van der Waals surface area contributed by atoms with Crippen molar-refractivity contribution < 1.29 is 4.39 Å². The summed E-state index contributed by atoms with van der Waals surface area (Å²) >= 11 is 1.60. The van der Waals surface area contributed by atoms with Crippen molar-refractivity contribution in [3.8, 4) is 0 Å². The van der Waals surface area contributed by atoms with Crippen LogP contribution < -0.4 is 5.32 Å². The lowest BCUT2D eigenvalue weighted by molar-refractivity contribution is 0.630. The van der Waals surface area contributed by atoms with E-state index in [9.17, 15) is 4.39 Å². The lowest BCUT2D eigenvalue weighted by atomic mass is 10.2. The molecule has 15 heavy (non-hydrogen) atoms. The van der Waals surface area contributed by atoms with Gasteiger partial charge in [-0.2, -0.15) is 0 Å². The van der Waals surface area contributed by atoms with Crippen LogP contribution in [0.3, 0.4) is 0 Å². The van der Waals surface area contributed by atoms with Crippen molar-refractivity contribution in [2.45, 2.75) is 18.9 Å². The zero-order valence-corrected chi connectivity index (χ0v) is 8.98. The Labute approximate surface area is 91.1 Å². The Kier molecular flexibility index (Phi) is 2.18. The maximum Gasteiger partial charge on any atom is 0.124 e. The van der Waals surface area contributed by atoms with Crippen molar-refractivity contribution in [1.82, 2.24) is 10.3 Å². The van der Waals surface area contributed by atoms with E-state index < -0.39 is 0 Å². The highest BCUT2D eigenvalue weighted by molar-refractivity contribution is 7.18. The standard InChI is InChI=1S/C11H11FN2S/c12-7-3-4-8-10(6-7)15-11(14-8)9-2-1-5-13-9/h3-4,6,9,13H,1-2,5H2. The number of thiazole rings is 1. The molecule has 0 radical (unpaired) electrons. The van der Waals surface area contributed by atoms with E-state index in [-0.39, 0.29) is 5.82 Å². The van der Waals surface area contributed by atoms with Crippen molar-refractivity contribution in [2.75, 3.05) is 6.54 Å². The van der Waals surface area contributed by atoms with Crippen molar-refractivity contribution in [3.05, 3.63) is 29.0 Å². The molecule has 0 saturated carbocycles. The fourth-order valence-corrected chi connectivity index (χ4v) is 3.06.